The molecule has 10 heteroatoms. The molecule has 0 saturated heterocycles. The van der Waals surface area contributed by atoms with E-state index in [1.165, 1.54) is 64.2 Å². The van der Waals surface area contributed by atoms with Crippen LogP contribution in [0.25, 0.3) is 0 Å². The van der Waals surface area contributed by atoms with Gasteiger partial charge in [0.15, 0.2) is 0 Å². The van der Waals surface area contributed by atoms with Crippen LogP contribution in [0.3, 0.4) is 0 Å². The standard InChI is InChI=1S/2C10H20ClP.4ClH.2Pd/c2*1-10(2,3)12(11)9-7-5-4-6-8-9;;;;;;/h2*9H,4-8H2,1-3H3;4*1H;;/q;;;;;;2*+2/p-4. The molecule has 0 spiro atoms. The molecule has 2 fully saturated rings. The maximum absolute atomic E-state index is 6.50. The fourth-order valence-corrected chi connectivity index (χ4v) is 8.71. The molecule has 0 radical (unpaired) electrons. The van der Waals surface area contributed by atoms with Gasteiger partial charge >= 0.3 is 70.0 Å². The van der Waals surface area contributed by atoms with E-state index < -0.39 is 0 Å². The van der Waals surface area contributed by atoms with Gasteiger partial charge in [0.05, 0.1) is 0 Å². The first-order valence-corrected chi connectivity index (χ1v) is 23.1. The Balaban J connectivity index is 0. The Kier molecular flexibility index (Phi) is 25.3. The number of rotatable bonds is 2. The van der Waals surface area contributed by atoms with Gasteiger partial charge in [-0.05, 0) is 61.9 Å². The quantitative estimate of drug-likeness (QED) is 0.194. The van der Waals surface area contributed by atoms with Crippen LogP contribution in [0.15, 0.2) is 0 Å². The Morgan fingerprint density at radius 3 is 0.900 bits per heavy atom. The Bertz CT molecular complexity index is 346. The third-order valence-electron chi connectivity index (χ3n) is 5.07. The molecule has 0 aromatic heterocycles. The molecule has 0 bridgehead atoms. The molecule has 2 aliphatic rings. The molecule has 0 nitrogen and oxygen atoms in total. The van der Waals surface area contributed by atoms with Crippen LogP contribution in [0.2, 0.25) is 0 Å². The number of hydrogen-bond acceptors (Lipinski definition) is 0. The first kappa shape index (κ1) is 36.1. The molecule has 0 aliphatic heterocycles. The molecule has 0 heterocycles. The van der Waals surface area contributed by atoms with E-state index >= 15 is 0 Å². The third kappa shape index (κ3) is 19.2. The maximum atomic E-state index is 6.50. The summed E-state index contributed by atoms with van der Waals surface area (Å²) >= 11 is 12.8. The van der Waals surface area contributed by atoms with Crippen molar-refractivity contribution >= 4 is 75.1 Å². The molecule has 2 aliphatic carbocycles. The Morgan fingerprint density at radius 2 is 0.733 bits per heavy atom. The molecular weight excluding hydrogens is 728 g/mol. The molecule has 0 aromatic carbocycles. The summed E-state index contributed by atoms with van der Waals surface area (Å²) in [6.45, 7) is 13.7. The van der Waals surface area contributed by atoms with Crippen molar-refractivity contribution in [3.05, 3.63) is 0 Å². The average Bonchev–Trinajstić information content (AvgIpc) is 2.68. The fraction of sp³-hybridized carbons (Fsp3) is 1.00. The van der Waals surface area contributed by atoms with Crippen LogP contribution in [0, 0.1) is 0 Å². The van der Waals surface area contributed by atoms with Crippen LogP contribution < -0.4 is 0 Å². The first-order valence-electron chi connectivity index (χ1n) is 10.4. The van der Waals surface area contributed by atoms with Gasteiger partial charge < -0.3 is 0 Å². The zero-order chi connectivity index (χ0) is 23.8. The van der Waals surface area contributed by atoms with Crippen LogP contribution >= 0.6 is 75.1 Å². The number of hydrogen-bond donors (Lipinski definition) is 0. The molecule has 30 heavy (non-hydrogen) atoms. The SMILES string of the molecule is CC(C)(C)P(Cl)C1CCCCC1.CC(C)(C)P(Cl)C1CCCCC1.[Cl][Pd][Cl].[Cl][Pd][Cl]. The first-order chi connectivity index (χ1) is 13.9. The molecule has 2 saturated carbocycles. The van der Waals surface area contributed by atoms with Crippen LogP contribution in [0.1, 0.15) is 106 Å². The van der Waals surface area contributed by atoms with E-state index in [0.29, 0.717) is 10.3 Å². The monoisotopic (exact) mass is 764 g/mol. The molecule has 2 atom stereocenters. The van der Waals surface area contributed by atoms with E-state index in [2.05, 4.69) is 41.5 Å². The molecule has 0 aromatic rings. The zero-order valence-corrected chi connectivity index (χ0v) is 28.5. The van der Waals surface area contributed by atoms with Crippen molar-refractivity contribution < 1.29 is 31.9 Å². The van der Waals surface area contributed by atoms with Gasteiger partial charge in [-0.2, -0.15) is 0 Å². The van der Waals surface area contributed by atoms with Crippen LogP contribution in [-0.2, 0) is 31.9 Å². The van der Waals surface area contributed by atoms with Gasteiger partial charge in [-0.1, -0.05) is 103 Å². The van der Waals surface area contributed by atoms with Crippen LogP contribution in [0.4, 0.5) is 0 Å². The molecular formula is C20H40Cl6P2Pd2. The number of halogens is 6. The zero-order valence-electron chi connectivity index (χ0n) is 19.0. The summed E-state index contributed by atoms with van der Waals surface area (Å²) in [5.74, 6) is 0. The van der Waals surface area contributed by atoms with Gasteiger partial charge in [-0.15, -0.1) is 0 Å². The van der Waals surface area contributed by atoms with Crippen LogP contribution in [0.5, 0.6) is 0 Å². The van der Waals surface area contributed by atoms with Gasteiger partial charge in [0.2, 0.25) is 0 Å². The average molecular weight is 768 g/mol. The molecule has 192 valence electrons. The summed E-state index contributed by atoms with van der Waals surface area (Å²) in [6, 6.07) is 0. The van der Waals surface area contributed by atoms with Gasteiger partial charge in [0.25, 0.3) is 0 Å². The molecule has 0 amide bonds. The molecule has 2 unspecified atom stereocenters. The van der Waals surface area contributed by atoms with E-state index in [9.17, 15) is 0 Å². The molecule has 2 rings (SSSR count). The Labute approximate surface area is 232 Å². The van der Waals surface area contributed by atoms with Gasteiger partial charge in [0, 0.05) is 0 Å². The predicted molar refractivity (Wildman–Crippen MR) is 142 cm³/mol. The van der Waals surface area contributed by atoms with Gasteiger partial charge in [-0.3, -0.25) is 0 Å². The second kappa shape index (κ2) is 21.1. The summed E-state index contributed by atoms with van der Waals surface area (Å²) in [5, 5.41) is 0.692. The van der Waals surface area contributed by atoms with Gasteiger partial charge in [-0.25, -0.2) is 0 Å². The van der Waals surface area contributed by atoms with Crippen molar-refractivity contribution in [3.63, 3.8) is 0 Å². The normalized spacial score (nSPS) is 20.7. The predicted octanol–water partition coefficient (Wildman–Crippen LogP) is 12.3. The summed E-state index contributed by atoms with van der Waals surface area (Å²) in [6.07, 6.45) is 14.0. The Hall–Kier alpha value is 3.92. The minimum atomic E-state index is -0.268. The fourth-order valence-electron chi connectivity index (χ4n) is 3.71. The van der Waals surface area contributed by atoms with E-state index in [1.54, 1.807) is 0 Å². The third-order valence-corrected chi connectivity index (χ3v) is 14.6. The summed E-state index contributed by atoms with van der Waals surface area (Å²) in [5.41, 5.74) is 1.69. The summed E-state index contributed by atoms with van der Waals surface area (Å²) < 4.78 is 0. The van der Waals surface area contributed by atoms with Crippen molar-refractivity contribution in [3.8, 4) is 0 Å². The summed E-state index contributed by atoms with van der Waals surface area (Å²) in [4.78, 5) is 0. The van der Waals surface area contributed by atoms with E-state index in [0.717, 1.165) is 11.3 Å². The van der Waals surface area contributed by atoms with Crippen molar-refractivity contribution in [2.45, 2.75) is 127 Å². The van der Waals surface area contributed by atoms with E-state index in [-0.39, 0.29) is 46.4 Å². The van der Waals surface area contributed by atoms with E-state index in [1.807, 2.05) is 0 Å². The minimum absolute atomic E-state index is 0.106. The molecule has 0 N–H and O–H groups in total. The van der Waals surface area contributed by atoms with Crippen molar-refractivity contribution in [2.24, 2.45) is 0 Å². The van der Waals surface area contributed by atoms with E-state index in [4.69, 9.17) is 60.6 Å². The Morgan fingerprint density at radius 1 is 0.533 bits per heavy atom. The second-order valence-electron chi connectivity index (χ2n) is 9.64. The topological polar surface area (TPSA) is 0 Å². The van der Waals surface area contributed by atoms with Crippen molar-refractivity contribution in [2.75, 3.05) is 0 Å². The second-order valence-corrected chi connectivity index (χ2v) is 21.9. The van der Waals surface area contributed by atoms with Crippen molar-refractivity contribution in [1.82, 2.24) is 0 Å². The van der Waals surface area contributed by atoms with Gasteiger partial charge in [0.1, 0.15) is 0 Å². The van der Waals surface area contributed by atoms with Crippen molar-refractivity contribution in [1.29, 1.82) is 0 Å². The van der Waals surface area contributed by atoms with Crippen LogP contribution in [-0.4, -0.2) is 21.6 Å². The summed E-state index contributed by atoms with van der Waals surface area (Å²) in [7, 11) is 18.7.